The third-order valence-corrected chi connectivity index (χ3v) is 8.45. The molecule has 1 saturated heterocycles. The first-order valence-electron chi connectivity index (χ1n) is 13.0. The summed E-state index contributed by atoms with van der Waals surface area (Å²) in [6, 6.07) is 9.92. The molecule has 0 radical (unpaired) electrons. The van der Waals surface area contributed by atoms with Crippen molar-refractivity contribution in [2.24, 2.45) is 0 Å². The van der Waals surface area contributed by atoms with Gasteiger partial charge in [0.15, 0.2) is 0 Å². The number of aromatic nitrogens is 1. The second-order valence-corrected chi connectivity index (χ2v) is 10.8. The third-order valence-electron chi connectivity index (χ3n) is 7.40. The van der Waals surface area contributed by atoms with Crippen molar-refractivity contribution in [2.75, 3.05) is 6.61 Å². The van der Waals surface area contributed by atoms with Gasteiger partial charge in [-0.2, -0.15) is 0 Å². The number of ether oxygens (including phenoxy) is 1. The molecule has 0 amide bonds. The Labute approximate surface area is 219 Å². The van der Waals surface area contributed by atoms with E-state index in [4.69, 9.17) is 9.15 Å². The van der Waals surface area contributed by atoms with Crippen LogP contribution in [-0.4, -0.2) is 39.7 Å². The number of carbonyl (C=O) groups is 1. The van der Waals surface area contributed by atoms with Crippen LogP contribution < -0.4 is 5.43 Å². The summed E-state index contributed by atoms with van der Waals surface area (Å²) < 4.78 is 12.5. The van der Waals surface area contributed by atoms with E-state index in [9.17, 15) is 14.7 Å². The molecule has 1 fully saturated rings. The van der Waals surface area contributed by atoms with Crippen molar-refractivity contribution >= 4 is 38.5 Å². The van der Waals surface area contributed by atoms with Crippen LogP contribution in [0, 0.1) is 0 Å². The molecule has 1 aliphatic heterocycles. The minimum absolute atomic E-state index is 0.102. The lowest BCUT2D eigenvalue weighted by molar-refractivity contribution is 0.0491. The van der Waals surface area contributed by atoms with Crippen molar-refractivity contribution < 1.29 is 19.1 Å². The van der Waals surface area contributed by atoms with Crippen LogP contribution in [0.5, 0.6) is 5.75 Å². The molecule has 7 nitrogen and oxygen atoms in total. The average molecular weight is 521 g/mol. The minimum Gasteiger partial charge on any atom is -0.507 e. The van der Waals surface area contributed by atoms with E-state index in [1.165, 1.54) is 11.3 Å². The number of rotatable bonds is 6. The van der Waals surface area contributed by atoms with Crippen LogP contribution in [0.4, 0.5) is 0 Å². The van der Waals surface area contributed by atoms with Crippen LogP contribution in [0.3, 0.4) is 0 Å². The minimum atomic E-state index is -0.722. The number of thiazole rings is 1. The molecule has 0 aliphatic carbocycles. The number of aryl methyl sites for hydroxylation is 1. The SMILES string of the molecule is CCOC(=O)c1oc2c(CN3[C@H](C)CCC[C@H]3C)c(O)c(CC)cc2c(=O)c1-c1nc2ccccc2s1. The van der Waals surface area contributed by atoms with Gasteiger partial charge in [0.25, 0.3) is 0 Å². The normalized spacial score (nSPS) is 18.5. The molecular formula is C29H32N2O5S. The maximum atomic E-state index is 14.1. The smallest absolute Gasteiger partial charge is 0.375 e. The molecule has 4 aromatic rings. The fraction of sp³-hybridized carbons (Fsp3) is 0.414. The number of phenolic OH excluding ortho intramolecular Hbond substituents is 1. The van der Waals surface area contributed by atoms with Crippen molar-refractivity contribution in [3.8, 4) is 16.3 Å². The summed E-state index contributed by atoms with van der Waals surface area (Å²) >= 11 is 1.33. The zero-order valence-corrected chi connectivity index (χ0v) is 22.5. The predicted octanol–water partition coefficient (Wildman–Crippen LogP) is 6.28. The van der Waals surface area contributed by atoms with Gasteiger partial charge in [-0.15, -0.1) is 11.3 Å². The van der Waals surface area contributed by atoms with Gasteiger partial charge in [-0.25, -0.2) is 9.78 Å². The Bertz CT molecular complexity index is 1500. The highest BCUT2D eigenvalue weighted by molar-refractivity contribution is 7.21. The number of hydrogen-bond acceptors (Lipinski definition) is 8. The highest BCUT2D eigenvalue weighted by Gasteiger charge is 2.31. The first kappa shape index (κ1) is 25.4. The third kappa shape index (κ3) is 4.53. The van der Waals surface area contributed by atoms with Crippen LogP contribution in [-0.2, 0) is 17.7 Å². The number of nitrogens with zero attached hydrogens (tertiary/aromatic N) is 2. The van der Waals surface area contributed by atoms with Crippen LogP contribution in [0.1, 0.15) is 68.6 Å². The molecule has 2 aromatic carbocycles. The maximum absolute atomic E-state index is 14.1. The Morgan fingerprint density at radius 2 is 1.95 bits per heavy atom. The number of piperidine rings is 1. The number of fused-ring (bicyclic) bond motifs is 2. The summed E-state index contributed by atoms with van der Waals surface area (Å²) in [7, 11) is 0. The second-order valence-electron chi connectivity index (χ2n) is 9.74. The molecule has 8 heteroatoms. The summed E-state index contributed by atoms with van der Waals surface area (Å²) in [6.07, 6.45) is 3.84. The van der Waals surface area contributed by atoms with Gasteiger partial charge >= 0.3 is 5.97 Å². The largest absolute Gasteiger partial charge is 0.507 e. The quantitative estimate of drug-likeness (QED) is 0.299. The van der Waals surface area contributed by atoms with Crippen molar-refractivity contribution in [3.63, 3.8) is 0 Å². The first-order valence-corrected chi connectivity index (χ1v) is 13.8. The van der Waals surface area contributed by atoms with E-state index in [1.807, 2.05) is 31.2 Å². The zero-order chi connectivity index (χ0) is 26.3. The van der Waals surface area contributed by atoms with Gasteiger partial charge in [0.1, 0.15) is 21.9 Å². The second kappa shape index (κ2) is 10.3. The Balaban J connectivity index is 1.79. The first-order chi connectivity index (χ1) is 17.8. The number of para-hydroxylation sites is 1. The van der Waals surface area contributed by atoms with Crippen LogP contribution >= 0.6 is 11.3 Å². The summed E-state index contributed by atoms with van der Waals surface area (Å²) in [5, 5.41) is 12.0. The monoisotopic (exact) mass is 520 g/mol. The van der Waals surface area contributed by atoms with Gasteiger partial charge in [-0.05, 0) is 63.8 Å². The molecule has 0 bridgehead atoms. The number of hydrogen-bond donors (Lipinski definition) is 1. The van der Waals surface area contributed by atoms with Gasteiger partial charge in [0.2, 0.25) is 11.2 Å². The molecule has 0 saturated carbocycles. The van der Waals surface area contributed by atoms with Gasteiger partial charge in [0, 0.05) is 18.6 Å². The molecule has 1 aliphatic rings. The highest BCUT2D eigenvalue weighted by atomic mass is 32.1. The van der Waals surface area contributed by atoms with E-state index in [0.717, 1.165) is 29.5 Å². The molecule has 2 aromatic heterocycles. The number of aromatic hydroxyl groups is 1. The summed E-state index contributed by atoms with van der Waals surface area (Å²) in [4.78, 5) is 34.2. The summed E-state index contributed by atoms with van der Waals surface area (Å²) in [5.41, 5.74) is 1.94. The molecule has 194 valence electrons. The van der Waals surface area contributed by atoms with Crippen molar-refractivity contribution in [2.45, 2.75) is 72.0 Å². The lowest BCUT2D eigenvalue weighted by Crippen LogP contribution is -2.43. The Morgan fingerprint density at radius 3 is 2.62 bits per heavy atom. The van der Waals surface area contributed by atoms with Crippen molar-refractivity contribution in [1.29, 1.82) is 0 Å². The average Bonchev–Trinajstić information content (AvgIpc) is 3.31. The fourth-order valence-electron chi connectivity index (χ4n) is 5.35. The van der Waals surface area contributed by atoms with Gasteiger partial charge < -0.3 is 14.3 Å². The van der Waals surface area contributed by atoms with E-state index in [2.05, 4.69) is 23.7 Å². The summed E-state index contributed by atoms with van der Waals surface area (Å²) in [6.45, 7) is 8.58. The predicted molar refractivity (Wildman–Crippen MR) is 146 cm³/mol. The molecule has 3 heterocycles. The van der Waals surface area contributed by atoms with E-state index in [0.29, 0.717) is 46.6 Å². The van der Waals surface area contributed by atoms with Crippen LogP contribution in [0.2, 0.25) is 0 Å². The molecular weight excluding hydrogens is 488 g/mol. The van der Waals surface area contributed by atoms with Crippen molar-refractivity contribution in [1.82, 2.24) is 9.88 Å². The number of carbonyl (C=O) groups excluding carboxylic acids is 1. The molecule has 37 heavy (non-hydrogen) atoms. The maximum Gasteiger partial charge on any atom is 0.375 e. The number of phenols is 1. The number of likely N-dealkylation sites (tertiary alicyclic amines) is 1. The topological polar surface area (TPSA) is 92.9 Å². The summed E-state index contributed by atoms with van der Waals surface area (Å²) in [5.74, 6) is -0.783. The van der Waals surface area contributed by atoms with Crippen LogP contribution in [0.15, 0.2) is 39.5 Å². The fourth-order valence-corrected chi connectivity index (χ4v) is 6.35. The van der Waals surface area contributed by atoms with E-state index in [1.54, 1.807) is 13.0 Å². The van der Waals surface area contributed by atoms with Crippen LogP contribution in [0.25, 0.3) is 31.8 Å². The zero-order valence-electron chi connectivity index (χ0n) is 21.7. The molecule has 5 rings (SSSR count). The Morgan fingerprint density at radius 1 is 1.22 bits per heavy atom. The van der Waals surface area contributed by atoms with Gasteiger partial charge in [0.05, 0.1) is 27.8 Å². The standard InChI is InChI=1S/C29H32N2O5S/c1-5-18-14-19-25(33)23(28-30-21-12-7-8-13-22(21)37-28)27(29(34)35-6-2)36-26(19)20(24(18)32)15-31-16(3)10-9-11-17(31)4/h7-8,12-14,16-17,32H,5-6,9-11,15H2,1-4H3/t16-,17-/m1/s1. The molecule has 0 spiro atoms. The Kier molecular flexibility index (Phi) is 7.05. The molecule has 1 N–H and O–H groups in total. The highest BCUT2D eigenvalue weighted by Crippen LogP contribution is 2.38. The lowest BCUT2D eigenvalue weighted by atomic mass is 9.95. The molecule has 0 unspecified atom stereocenters. The number of esters is 1. The Hall–Kier alpha value is -3.23. The van der Waals surface area contributed by atoms with Crippen molar-refractivity contribution in [3.05, 3.63) is 57.4 Å². The van der Waals surface area contributed by atoms with Gasteiger partial charge in [-0.3, -0.25) is 9.69 Å². The van der Waals surface area contributed by atoms with Gasteiger partial charge in [-0.1, -0.05) is 25.5 Å². The molecule has 2 atom stereocenters. The lowest BCUT2D eigenvalue weighted by Gasteiger charge is -2.39. The van der Waals surface area contributed by atoms with E-state index < -0.39 is 5.97 Å². The number of benzene rings is 2. The van der Waals surface area contributed by atoms with E-state index in [-0.39, 0.29) is 34.7 Å². The van der Waals surface area contributed by atoms with E-state index >= 15 is 0 Å².